The van der Waals surface area contributed by atoms with Crippen molar-refractivity contribution in [3.8, 4) is 0 Å². The number of hydrogen-bond acceptors (Lipinski definition) is 4. The molecule has 0 atom stereocenters. The first-order valence-electron chi connectivity index (χ1n) is 4.44. The number of hydrogen-bond donors (Lipinski definition) is 0. The molecule has 0 amide bonds. The number of carbonyl (C=O) groups is 2. The summed E-state index contributed by atoms with van der Waals surface area (Å²) < 4.78 is 8.28. The summed E-state index contributed by atoms with van der Waals surface area (Å²) in [6, 6.07) is 0. The molecule has 88 valence electrons. The van der Waals surface area contributed by atoms with Crippen LogP contribution < -0.4 is 0 Å². The molecule has 0 fully saturated rings. The van der Waals surface area contributed by atoms with Crippen LogP contribution in [0.15, 0.2) is 25.3 Å². The van der Waals surface area contributed by atoms with Crippen LogP contribution >= 0.6 is 0 Å². The lowest BCUT2D eigenvalue weighted by Crippen LogP contribution is -1.91. The summed E-state index contributed by atoms with van der Waals surface area (Å²) in [5, 5.41) is 0. The van der Waals surface area contributed by atoms with Crippen LogP contribution in [0, 0.1) is 0 Å². The van der Waals surface area contributed by atoms with Gasteiger partial charge in [-0.25, -0.2) is 9.59 Å². The molecule has 0 saturated carbocycles. The zero-order chi connectivity index (χ0) is 12.7. The van der Waals surface area contributed by atoms with Gasteiger partial charge in [0.05, 0.1) is 14.2 Å². The molecule has 0 saturated heterocycles. The van der Waals surface area contributed by atoms with Crippen molar-refractivity contribution in [1.82, 2.24) is 0 Å². The van der Waals surface area contributed by atoms with Crippen LogP contribution in [-0.4, -0.2) is 26.2 Å². The lowest BCUT2D eigenvalue weighted by Gasteiger charge is -1.83. The molecule has 0 heterocycles. The predicted molar refractivity (Wildman–Crippen MR) is 60.4 cm³/mol. The molecule has 0 aromatic carbocycles. The third kappa shape index (κ3) is 32.7. The Morgan fingerprint density at radius 1 is 1.00 bits per heavy atom. The summed E-state index contributed by atoms with van der Waals surface area (Å²) in [4.78, 5) is 19.7. The quantitative estimate of drug-likeness (QED) is 0.524. The summed E-state index contributed by atoms with van der Waals surface area (Å²) in [5.41, 5.74) is 0. The van der Waals surface area contributed by atoms with E-state index < -0.39 is 11.9 Å². The lowest BCUT2D eigenvalue weighted by molar-refractivity contribution is -0.135. The molecule has 0 spiro atoms. The van der Waals surface area contributed by atoms with Crippen molar-refractivity contribution >= 4 is 11.9 Å². The standard InChI is InChI=1S/2C4H6O2.C3H8/c2*1-3-4(5)6-2;1-3-2/h2*3H,1H2,2H3;3H2,1-2H3. The van der Waals surface area contributed by atoms with Gasteiger partial charge in [0.25, 0.3) is 0 Å². The maximum Gasteiger partial charge on any atom is 0.329 e. The Labute approximate surface area is 91.6 Å². The molecule has 4 heteroatoms. The third-order valence-electron chi connectivity index (χ3n) is 0.736. The summed E-state index contributed by atoms with van der Waals surface area (Å²) in [7, 11) is 2.62. The Morgan fingerprint density at radius 3 is 1.20 bits per heavy atom. The van der Waals surface area contributed by atoms with E-state index in [2.05, 4.69) is 36.5 Å². The van der Waals surface area contributed by atoms with Crippen molar-refractivity contribution in [3.05, 3.63) is 25.3 Å². The highest BCUT2D eigenvalue weighted by Crippen LogP contribution is 1.68. The normalized spacial score (nSPS) is 6.67. The Morgan fingerprint density at radius 2 is 1.20 bits per heavy atom. The Kier molecular flexibility index (Phi) is 23.2. The summed E-state index contributed by atoms with van der Waals surface area (Å²) in [6.45, 7) is 10.6. The second kappa shape index (κ2) is 18.3. The summed E-state index contributed by atoms with van der Waals surface area (Å²) >= 11 is 0. The first-order chi connectivity index (χ1) is 7.03. The van der Waals surface area contributed by atoms with Crippen molar-refractivity contribution in [2.75, 3.05) is 14.2 Å². The fraction of sp³-hybridized carbons (Fsp3) is 0.455. The summed E-state index contributed by atoms with van der Waals surface area (Å²) in [5.74, 6) is -0.787. The van der Waals surface area contributed by atoms with E-state index in [1.54, 1.807) is 0 Å². The molecule has 4 nitrogen and oxygen atoms in total. The first-order valence-corrected chi connectivity index (χ1v) is 4.44. The molecule has 0 aromatic rings. The molecular weight excluding hydrogens is 196 g/mol. The highest BCUT2D eigenvalue weighted by molar-refractivity contribution is 5.81. The van der Waals surface area contributed by atoms with Gasteiger partial charge in [-0.15, -0.1) is 0 Å². The van der Waals surface area contributed by atoms with Crippen LogP contribution in [0.4, 0.5) is 0 Å². The van der Waals surface area contributed by atoms with Gasteiger partial charge in [-0.3, -0.25) is 0 Å². The number of ether oxygens (including phenoxy) is 2. The second-order valence-corrected chi connectivity index (χ2v) is 2.16. The van der Waals surface area contributed by atoms with Gasteiger partial charge >= 0.3 is 11.9 Å². The van der Waals surface area contributed by atoms with Crippen LogP contribution in [0.2, 0.25) is 0 Å². The van der Waals surface area contributed by atoms with Crippen molar-refractivity contribution in [2.24, 2.45) is 0 Å². The van der Waals surface area contributed by atoms with E-state index in [4.69, 9.17) is 0 Å². The van der Waals surface area contributed by atoms with E-state index in [0.29, 0.717) is 0 Å². The topological polar surface area (TPSA) is 52.6 Å². The second-order valence-electron chi connectivity index (χ2n) is 2.16. The van der Waals surface area contributed by atoms with Gasteiger partial charge in [0.1, 0.15) is 0 Å². The van der Waals surface area contributed by atoms with Gasteiger partial charge in [0.15, 0.2) is 0 Å². The fourth-order valence-electron chi connectivity index (χ4n) is 0.167. The fourth-order valence-corrected chi connectivity index (χ4v) is 0.167. The molecule has 15 heavy (non-hydrogen) atoms. The van der Waals surface area contributed by atoms with E-state index in [9.17, 15) is 9.59 Å². The van der Waals surface area contributed by atoms with Crippen molar-refractivity contribution < 1.29 is 19.1 Å². The van der Waals surface area contributed by atoms with E-state index in [0.717, 1.165) is 12.2 Å². The number of esters is 2. The molecule has 0 aliphatic heterocycles. The van der Waals surface area contributed by atoms with Gasteiger partial charge in [0.2, 0.25) is 0 Å². The van der Waals surface area contributed by atoms with Crippen molar-refractivity contribution in [3.63, 3.8) is 0 Å². The first kappa shape index (κ1) is 19.1. The van der Waals surface area contributed by atoms with E-state index in [1.807, 2.05) is 0 Å². The zero-order valence-corrected chi connectivity index (χ0v) is 9.91. The molecule has 0 aliphatic carbocycles. The van der Waals surface area contributed by atoms with Gasteiger partial charge in [-0.05, 0) is 0 Å². The maximum atomic E-state index is 9.84. The predicted octanol–water partition coefficient (Wildman–Crippen LogP) is 2.11. The lowest BCUT2D eigenvalue weighted by atomic mass is 10.6. The Hall–Kier alpha value is -1.58. The van der Waals surface area contributed by atoms with Crippen molar-refractivity contribution in [2.45, 2.75) is 20.3 Å². The van der Waals surface area contributed by atoms with Gasteiger partial charge < -0.3 is 9.47 Å². The Balaban J connectivity index is -0.000000153. The highest BCUT2D eigenvalue weighted by atomic mass is 16.5. The van der Waals surface area contributed by atoms with Crippen LogP contribution in [0.25, 0.3) is 0 Å². The van der Waals surface area contributed by atoms with E-state index in [-0.39, 0.29) is 0 Å². The molecule has 0 radical (unpaired) electrons. The number of methoxy groups -OCH3 is 2. The molecule has 0 aromatic heterocycles. The minimum absolute atomic E-state index is 0.394. The van der Waals surface area contributed by atoms with E-state index in [1.165, 1.54) is 20.6 Å². The smallest absolute Gasteiger partial charge is 0.329 e. The molecule has 0 N–H and O–H groups in total. The summed E-state index contributed by atoms with van der Waals surface area (Å²) in [6.07, 6.45) is 3.47. The van der Waals surface area contributed by atoms with Crippen LogP contribution in [0.3, 0.4) is 0 Å². The minimum Gasteiger partial charge on any atom is -0.466 e. The third-order valence-corrected chi connectivity index (χ3v) is 0.736. The molecule has 0 aliphatic rings. The zero-order valence-electron chi connectivity index (χ0n) is 9.91. The van der Waals surface area contributed by atoms with Gasteiger partial charge in [0, 0.05) is 12.2 Å². The average Bonchev–Trinajstić information content (AvgIpc) is 2.28. The number of rotatable bonds is 2. The molecular formula is C11H20O4. The van der Waals surface area contributed by atoms with Gasteiger partial charge in [-0.1, -0.05) is 33.4 Å². The SMILES string of the molecule is C=CC(=O)OC.C=CC(=O)OC.CCC. The number of carbonyl (C=O) groups excluding carboxylic acids is 2. The highest BCUT2D eigenvalue weighted by Gasteiger charge is 1.82. The van der Waals surface area contributed by atoms with Gasteiger partial charge in [-0.2, -0.15) is 0 Å². The molecule has 0 rings (SSSR count). The van der Waals surface area contributed by atoms with Crippen molar-refractivity contribution in [1.29, 1.82) is 0 Å². The van der Waals surface area contributed by atoms with Crippen LogP contribution in [-0.2, 0) is 19.1 Å². The maximum absolute atomic E-state index is 9.84. The Bertz CT molecular complexity index is 165. The minimum atomic E-state index is -0.394. The monoisotopic (exact) mass is 216 g/mol. The molecule has 0 unspecified atom stereocenters. The molecule has 0 bridgehead atoms. The van der Waals surface area contributed by atoms with E-state index >= 15 is 0 Å². The average molecular weight is 216 g/mol. The van der Waals surface area contributed by atoms with Crippen LogP contribution in [0.1, 0.15) is 20.3 Å². The van der Waals surface area contributed by atoms with Crippen LogP contribution in [0.5, 0.6) is 0 Å². The largest absolute Gasteiger partial charge is 0.466 e.